The van der Waals surface area contributed by atoms with E-state index in [2.05, 4.69) is 59.6 Å². The Bertz CT molecular complexity index is 2020. The van der Waals surface area contributed by atoms with Gasteiger partial charge in [-0.05, 0) is 51.0 Å². The Labute approximate surface area is 432 Å². The second-order valence-electron chi connectivity index (χ2n) is 17.8. The highest BCUT2D eigenvalue weighted by atomic mass is 31.3. The molecule has 1 aromatic heterocycles. The number of rotatable bonds is 42. The van der Waals surface area contributed by atoms with Crippen LogP contribution in [0, 0.1) is 0 Å². The molecule has 0 amide bonds. The molecule has 1 aromatic rings. The summed E-state index contributed by atoms with van der Waals surface area (Å²) < 4.78 is 56.7. The third-order valence-corrected chi connectivity index (χ3v) is 14.0. The molecule has 8 atom stereocenters. The van der Waals surface area contributed by atoms with Gasteiger partial charge in [0, 0.05) is 19.0 Å². The molecule has 2 rings (SSSR count). The molecule has 7 N–H and O–H groups in total. The molecule has 2 heterocycles. The molecule has 414 valence electrons. The molecule has 1 aliphatic heterocycles. The number of ether oxygens (including phenoxy) is 3. The van der Waals surface area contributed by atoms with Crippen LogP contribution in [-0.2, 0) is 46.3 Å². The summed E-state index contributed by atoms with van der Waals surface area (Å²) in [4.78, 5) is 61.9. The van der Waals surface area contributed by atoms with Crippen LogP contribution in [0.2, 0.25) is 0 Å². The first kappa shape index (κ1) is 65.3. The molecule has 1 saturated heterocycles. The maximum absolute atomic E-state index is 12.9. The van der Waals surface area contributed by atoms with Gasteiger partial charge in [-0.3, -0.25) is 23.2 Å². The molecule has 73 heavy (non-hydrogen) atoms. The number of phosphoric ester groups is 2. The van der Waals surface area contributed by atoms with Gasteiger partial charge in [-0.15, -0.1) is 0 Å². The number of carbonyl (C=O) groups is 2. The minimum absolute atomic E-state index is 0.0130. The molecule has 1 fully saturated rings. The van der Waals surface area contributed by atoms with Crippen LogP contribution in [0.5, 0.6) is 0 Å². The molecule has 0 radical (unpaired) electrons. The summed E-state index contributed by atoms with van der Waals surface area (Å²) in [5.74, 6) is -1.49. The number of phosphoric acid groups is 2. The molecular weight excluding hydrogens is 985 g/mol. The van der Waals surface area contributed by atoms with Crippen molar-refractivity contribution in [3.8, 4) is 0 Å². The highest BCUT2D eigenvalue weighted by molar-refractivity contribution is 7.61. The number of hydrogen-bond acceptors (Lipinski definition) is 16. The van der Waals surface area contributed by atoms with E-state index in [1.807, 2.05) is 12.2 Å². The average Bonchev–Trinajstić information content (AvgIpc) is 3.62. The van der Waals surface area contributed by atoms with Crippen molar-refractivity contribution >= 4 is 33.4 Å². The van der Waals surface area contributed by atoms with E-state index < -0.39 is 89.8 Å². The monoisotopic (exact) mass is 1070 g/mol. The van der Waals surface area contributed by atoms with Gasteiger partial charge in [-0.2, -0.15) is 9.29 Å². The molecule has 0 aromatic carbocycles. The van der Waals surface area contributed by atoms with E-state index >= 15 is 0 Å². The van der Waals surface area contributed by atoms with Crippen molar-refractivity contribution in [2.75, 3.05) is 25.6 Å². The second-order valence-corrected chi connectivity index (χ2v) is 20.9. The van der Waals surface area contributed by atoms with E-state index in [1.165, 1.54) is 70.3 Å². The predicted molar refractivity (Wildman–Crippen MR) is 281 cm³/mol. The number of aromatic nitrogens is 2. The van der Waals surface area contributed by atoms with E-state index in [-0.39, 0.29) is 25.1 Å². The van der Waals surface area contributed by atoms with E-state index in [0.717, 1.165) is 62.1 Å². The number of allylic oxidation sites excluding steroid dienone is 10. The molecule has 3 unspecified atom stereocenters. The molecule has 0 saturated carbocycles. The van der Waals surface area contributed by atoms with Crippen molar-refractivity contribution in [1.82, 2.24) is 9.55 Å². The number of nitrogen functional groups attached to an aromatic ring is 1. The second kappa shape index (κ2) is 39.6. The Hall–Kier alpha value is -3.84. The fourth-order valence-electron chi connectivity index (χ4n) is 7.36. The largest absolute Gasteiger partial charge is 0.481 e. The molecule has 0 bridgehead atoms. The van der Waals surface area contributed by atoms with Crippen molar-refractivity contribution in [1.29, 1.82) is 0 Å². The highest BCUT2D eigenvalue weighted by Gasteiger charge is 2.46. The Morgan fingerprint density at radius 2 is 1.32 bits per heavy atom. The fraction of sp³-hybridized carbons (Fsp3) is 0.654. The zero-order valence-electron chi connectivity index (χ0n) is 43.0. The molecule has 0 aliphatic carbocycles. The van der Waals surface area contributed by atoms with Gasteiger partial charge in [-0.25, -0.2) is 13.9 Å². The van der Waals surface area contributed by atoms with Crippen molar-refractivity contribution in [3.63, 3.8) is 0 Å². The number of hydrogen-bond donors (Lipinski definition) is 6. The predicted octanol–water partition coefficient (Wildman–Crippen LogP) is 9.86. The number of nitrogens with two attached hydrogens (primary N) is 1. The average molecular weight is 1070 g/mol. The van der Waals surface area contributed by atoms with Crippen molar-refractivity contribution in [3.05, 3.63) is 95.7 Å². The lowest BCUT2D eigenvalue weighted by Crippen LogP contribution is -2.36. The van der Waals surface area contributed by atoms with Crippen LogP contribution in [0.3, 0.4) is 0 Å². The van der Waals surface area contributed by atoms with Crippen LogP contribution in [0.1, 0.15) is 168 Å². The fourth-order valence-corrected chi connectivity index (χ4v) is 9.47. The summed E-state index contributed by atoms with van der Waals surface area (Å²) >= 11 is 0. The highest BCUT2D eigenvalue weighted by Crippen LogP contribution is 2.60. The van der Waals surface area contributed by atoms with E-state index in [0.29, 0.717) is 12.8 Å². The van der Waals surface area contributed by atoms with Gasteiger partial charge >= 0.3 is 33.3 Å². The zero-order valence-corrected chi connectivity index (χ0v) is 44.8. The lowest BCUT2D eigenvalue weighted by molar-refractivity contribution is -0.161. The summed E-state index contributed by atoms with van der Waals surface area (Å²) in [5.41, 5.74) is 4.57. The summed E-state index contributed by atoms with van der Waals surface area (Å²) in [6.45, 7) is 1.88. The summed E-state index contributed by atoms with van der Waals surface area (Å²) in [6.07, 6.45) is 37.2. The Morgan fingerprint density at radius 1 is 0.740 bits per heavy atom. The lowest BCUT2D eigenvalue weighted by Gasteiger charge is -2.21. The van der Waals surface area contributed by atoms with Crippen molar-refractivity contribution in [2.45, 2.75) is 198 Å². The molecule has 19 nitrogen and oxygen atoms in total. The lowest BCUT2D eigenvalue weighted by atomic mass is 10.0. The van der Waals surface area contributed by atoms with E-state index in [1.54, 1.807) is 24.3 Å². The molecule has 0 spiro atoms. The summed E-state index contributed by atoms with van der Waals surface area (Å²) in [5, 5.41) is 31.2. The maximum atomic E-state index is 12.9. The van der Waals surface area contributed by atoms with Crippen LogP contribution in [0.25, 0.3) is 0 Å². The number of aliphatic hydroxyl groups excluding tert-OH is 3. The molecule has 1 aliphatic rings. The Morgan fingerprint density at radius 3 is 1.92 bits per heavy atom. The third kappa shape index (κ3) is 32.3. The van der Waals surface area contributed by atoms with Crippen LogP contribution in [0.15, 0.2) is 90.0 Å². The third-order valence-electron chi connectivity index (χ3n) is 11.4. The van der Waals surface area contributed by atoms with E-state index in [9.17, 15) is 48.6 Å². The Kier molecular flexibility index (Phi) is 35.4. The maximum Gasteiger partial charge on any atom is 0.481 e. The van der Waals surface area contributed by atoms with Gasteiger partial charge in [0.25, 0.3) is 0 Å². The summed E-state index contributed by atoms with van der Waals surface area (Å²) in [7, 11) is -10.9. The number of esters is 2. The minimum atomic E-state index is -5.46. The first-order valence-corrected chi connectivity index (χ1v) is 29.0. The van der Waals surface area contributed by atoms with Gasteiger partial charge in [0.15, 0.2) is 12.3 Å². The van der Waals surface area contributed by atoms with Gasteiger partial charge in [-0.1, -0.05) is 177 Å². The van der Waals surface area contributed by atoms with Crippen LogP contribution < -0.4 is 11.4 Å². The van der Waals surface area contributed by atoms with Crippen LogP contribution >= 0.6 is 15.6 Å². The van der Waals surface area contributed by atoms with Gasteiger partial charge in [0.2, 0.25) is 0 Å². The smallest absolute Gasteiger partial charge is 0.462 e. The zero-order chi connectivity index (χ0) is 53.6. The van der Waals surface area contributed by atoms with Gasteiger partial charge < -0.3 is 45.1 Å². The quantitative estimate of drug-likeness (QED) is 0.0117. The molecular formula is C52H85N3O16P2. The van der Waals surface area contributed by atoms with Crippen LogP contribution in [-0.4, -0.2) is 96.9 Å². The van der Waals surface area contributed by atoms with Crippen molar-refractivity contribution in [2.24, 2.45) is 0 Å². The molecule has 21 heteroatoms. The first-order valence-electron chi connectivity index (χ1n) is 26.1. The van der Waals surface area contributed by atoms with E-state index in [4.69, 9.17) is 29.0 Å². The number of aliphatic hydroxyl groups is 3. The Balaban J connectivity index is 1.85. The van der Waals surface area contributed by atoms with Gasteiger partial charge in [0.1, 0.15) is 30.7 Å². The summed E-state index contributed by atoms with van der Waals surface area (Å²) in [6, 6.07) is 1.24. The van der Waals surface area contributed by atoms with Crippen LogP contribution in [0.4, 0.5) is 5.82 Å². The number of anilines is 1. The normalized spacial score (nSPS) is 20.0. The topological polar surface area (TPSA) is 286 Å². The number of unbranched alkanes of at least 4 members (excludes halogenated alkanes) is 14. The number of nitrogens with zero attached hydrogens (tertiary/aromatic N) is 2. The first-order chi connectivity index (χ1) is 35.1. The van der Waals surface area contributed by atoms with Gasteiger partial charge in [0.05, 0.1) is 19.3 Å². The minimum Gasteiger partial charge on any atom is -0.462 e. The SMILES string of the molecule is CC/C=C\C/C=C\C/C=C\C/C=C\C=C/C(O)C/C=C\CCC(=O)OC[C@H](COP(=O)(O)OP(=O)(O)OC[C@H]1O[C@@H](n2ccc(N)nc2=O)[C@H](O)[C@@H]1O)OC(=O)CCCCCCCCCCCCCCCCC. The number of carbonyl (C=O) groups excluding carboxylic acids is 2. The van der Waals surface area contributed by atoms with Crippen molar-refractivity contribution < 1.29 is 71.4 Å². The standard InChI is InChI=1S/C52H85N3O16P2/c1-3-5-7-9-11-13-15-17-18-20-22-24-26-28-32-37-48(58)69-44(40-66-47(57)36-33-29-31-35-43(56)34-30-27-25-23-21-19-16-14-12-10-8-6-4-2)41-67-72(62,63)71-73(64,65)68-42-45-49(59)50(60)51(70-45)55-39-38-46(53)54-52(55)61/h6,8,12,14,19,21,25,27,29-31,34,38-39,43-45,49-51,56,59-60H,3-5,7,9-11,13,15-18,20,22-24,26,28,32-33,35-37,40-42H2,1-2H3,(H,62,63)(H,64,65)(H2,53,54,61)/b8-6-,14-12-,21-19-,27-25-,31-29-,34-30-/t43?,44-,45-,49-,50-,51-/m1/s1.